The molecule has 1 aliphatic carbocycles. The third-order valence-corrected chi connectivity index (χ3v) is 4.29. The molecule has 2 rings (SSSR count). The lowest BCUT2D eigenvalue weighted by molar-refractivity contribution is 0.0693. The number of pyridine rings is 1. The average Bonchev–Trinajstić information content (AvgIpc) is 3.00. The minimum Gasteiger partial charge on any atom is -0.369 e. The summed E-state index contributed by atoms with van der Waals surface area (Å²) in [5.74, 6) is 0.694. The molecule has 1 aliphatic rings. The van der Waals surface area contributed by atoms with Gasteiger partial charge in [0.2, 0.25) is 0 Å². The molecular weight excluding hydrogens is 286 g/mol. The fourth-order valence-electron chi connectivity index (χ4n) is 2.88. The molecule has 116 valence electrons. The van der Waals surface area contributed by atoms with Gasteiger partial charge in [-0.2, -0.15) is 0 Å². The smallest absolute Gasteiger partial charge is 0.255 e. The van der Waals surface area contributed by atoms with Crippen molar-refractivity contribution in [2.45, 2.75) is 52.0 Å². The van der Waals surface area contributed by atoms with Crippen LogP contribution in [-0.4, -0.2) is 34.9 Å². The highest BCUT2D eigenvalue weighted by atomic mass is 35.5. The highest BCUT2D eigenvalue weighted by Crippen LogP contribution is 2.26. The van der Waals surface area contributed by atoms with E-state index in [9.17, 15) is 4.79 Å². The molecule has 1 saturated carbocycles. The number of carbonyl (C=O) groups excluding carboxylic acids is 1. The molecule has 1 N–H and O–H groups in total. The molecule has 1 amide bonds. The molecule has 0 saturated heterocycles. The Hall–Kier alpha value is -1.29. The van der Waals surface area contributed by atoms with Gasteiger partial charge in [-0.15, -0.1) is 0 Å². The Morgan fingerprint density at radius 3 is 2.71 bits per heavy atom. The summed E-state index contributed by atoms with van der Waals surface area (Å²) in [7, 11) is 0. The topological polar surface area (TPSA) is 45.2 Å². The summed E-state index contributed by atoms with van der Waals surface area (Å²) in [5, 5.41) is 3.67. The summed E-state index contributed by atoms with van der Waals surface area (Å²) >= 11 is 6.22. The Bertz CT molecular complexity index is 486. The van der Waals surface area contributed by atoms with Crippen molar-refractivity contribution in [2.24, 2.45) is 0 Å². The monoisotopic (exact) mass is 309 g/mol. The second-order valence-electron chi connectivity index (χ2n) is 5.51. The van der Waals surface area contributed by atoms with E-state index in [4.69, 9.17) is 11.6 Å². The Balaban J connectivity index is 2.12. The van der Waals surface area contributed by atoms with Crippen LogP contribution in [0.4, 0.5) is 5.82 Å². The highest BCUT2D eigenvalue weighted by molar-refractivity contribution is 6.33. The zero-order valence-corrected chi connectivity index (χ0v) is 13.6. The molecule has 0 atom stereocenters. The van der Waals surface area contributed by atoms with Crippen molar-refractivity contribution < 1.29 is 4.79 Å². The molecule has 4 nitrogen and oxygen atoms in total. The standard InChI is InChI=1S/C16H24ClN3O/c1-3-9-18-15-14(17)10-12(11-19-15)16(21)20(4-2)13-7-5-6-8-13/h10-11,13H,3-9H2,1-2H3,(H,18,19). The van der Waals surface area contributed by atoms with Crippen LogP contribution in [0.1, 0.15) is 56.3 Å². The van der Waals surface area contributed by atoms with Crippen molar-refractivity contribution in [3.63, 3.8) is 0 Å². The Morgan fingerprint density at radius 1 is 1.43 bits per heavy atom. The van der Waals surface area contributed by atoms with E-state index in [-0.39, 0.29) is 5.91 Å². The van der Waals surface area contributed by atoms with E-state index in [1.165, 1.54) is 12.8 Å². The van der Waals surface area contributed by atoms with Crippen molar-refractivity contribution in [3.8, 4) is 0 Å². The number of aromatic nitrogens is 1. The molecule has 1 aromatic heterocycles. The van der Waals surface area contributed by atoms with E-state index in [2.05, 4.69) is 17.2 Å². The highest BCUT2D eigenvalue weighted by Gasteiger charge is 2.26. The van der Waals surface area contributed by atoms with Gasteiger partial charge < -0.3 is 10.2 Å². The molecule has 0 aliphatic heterocycles. The number of amides is 1. The summed E-state index contributed by atoms with van der Waals surface area (Å²) in [5.41, 5.74) is 0.579. The number of nitrogens with one attached hydrogen (secondary N) is 1. The van der Waals surface area contributed by atoms with Crippen LogP contribution in [0.15, 0.2) is 12.3 Å². The molecule has 1 fully saturated rings. The lowest BCUT2D eigenvalue weighted by Crippen LogP contribution is -2.38. The van der Waals surface area contributed by atoms with Crippen LogP contribution >= 0.6 is 11.6 Å². The number of halogens is 1. The zero-order valence-electron chi connectivity index (χ0n) is 12.9. The summed E-state index contributed by atoms with van der Waals surface area (Å²) in [6, 6.07) is 2.10. The van der Waals surface area contributed by atoms with E-state index in [1.807, 2.05) is 11.8 Å². The Labute approximate surface area is 131 Å². The number of hydrogen-bond donors (Lipinski definition) is 1. The van der Waals surface area contributed by atoms with E-state index < -0.39 is 0 Å². The molecule has 0 radical (unpaired) electrons. The SMILES string of the molecule is CCCNc1ncc(C(=O)N(CC)C2CCCC2)cc1Cl. The molecular formula is C16H24ClN3O. The van der Waals surface area contributed by atoms with E-state index in [0.717, 1.165) is 32.4 Å². The minimum atomic E-state index is 0.0424. The van der Waals surface area contributed by atoms with Gasteiger partial charge in [-0.25, -0.2) is 4.98 Å². The second kappa shape index (κ2) is 7.64. The quantitative estimate of drug-likeness (QED) is 0.865. The fourth-order valence-corrected chi connectivity index (χ4v) is 3.11. The number of nitrogens with zero attached hydrogens (tertiary/aromatic N) is 2. The van der Waals surface area contributed by atoms with Crippen LogP contribution in [-0.2, 0) is 0 Å². The van der Waals surface area contributed by atoms with Gasteiger partial charge in [0.1, 0.15) is 5.82 Å². The molecule has 1 aromatic rings. The first kappa shape index (κ1) is 16.1. The van der Waals surface area contributed by atoms with E-state index >= 15 is 0 Å². The van der Waals surface area contributed by atoms with Crippen LogP contribution in [0.3, 0.4) is 0 Å². The Morgan fingerprint density at radius 2 is 2.14 bits per heavy atom. The summed E-state index contributed by atoms with van der Waals surface area (Å²) in [6.07, 6.45) is 7.28. The Kier molecular flexibility index (Phi) is 5.85. The van der Waals surface area contributed by atoms with E-state index in [1.54, 1.807) is 12.3 Å². The maximum atomic E-state index is 12.6. The van der Waals surface area contributed by atoms with Gasteiger partial charge in [0.25, 0.3) is 5.91 Å². The van der Waals surface area contributed by atoms with Crippen molar-refractivity contribution in [2.75, 3.05) is 18.4 Å². The van der Waals surface area contributed by atoms with Crippen LogP contribution in [0, 0.1) is 0 Å². The predicted molar refractivity (Wildman–Crippen MR) is 87.0 cm³/mol. The van der Waals surface area contributed by atoms with Gasteiger partial charge in [0, 0.05) is 25.3 Å². The lowest BCUT2D eigenvalue weighted by Gasteiger charge is -2.27. The van der Waals surface area contributed by atoms with Gasteiger partial charge in [-0.05, 0) is 32.3 Å². The fraction of sp³-hybridized carbons (Fsp3) is 0.625. The number of rotatable bonds is 6. The van der Waals surface area contributed by atoms with Crippen molar-refractivity contribution in [3.05, 3.63) is 22.8 Å². The predicted octanol–water partition coefficient (Wildman–Crippen LogP) is 3.96. The maximum Gasteiger partial charge on any atom is 0.255 e. The first-order valence-corrected chi connectivity index (χ1v) is 8.25. The van der Waals surface area contributed by atoms with Gasteiger partial charge >= 0.3 is 0 Å². The van der Waals surface area contributed by atoms with Crippen molar-refractivity contribution in [1.82, 2.24) is 9.88 Å². The third kappa shape index (κ3) is 3.88. The molecule has 21 heavy (non-hydrogen) atoms. The first-order chi connectivity index (χ1) is 10.2. The first-order valence-electron chi connectivity index (χ1n) is 7.87. The van der Waals surface area contributed by atoms with Gasteiger partial charge in [-0.1, -0.05) is 31.4 Å². The molecule has 5 heteroatoms. The van der Waals surface area contributed by atoms with Gasteiger partial charge in [-0.3, -0.25) is 4.79 Å². The minimum absolute atomic E-state index is 0.0424. The molecule has 1 heterocycles. The van der Waals surface area contributed by atoms with Gasteiger partial charge in [0.15, 0.2) is 0 Å². The summed E-state index contributed by atoms with van der Waals surface area (Å²) in [4.78, 5) is 18.9. The van der Waals surface area contributed by atoms with Crippen molar-refractivity contribution in [1.29, 1.82) is 0 Å². The van der Waals surface area contributed by atoms with E-state index in [0.29, 0.717) is 22.4 Å². The number of carbonyl (C=O) groups is 1. The number of anilines is 1. The average molecular weight is 310 g/mol. The molecule has 0 aromatic carbocycles. The zero-order chi connectivity index (χ0) is 15.2. The second-order valence-corrected chi connectivity index (χ2v) is 5.92. The molecule has 0 unspecified atom stereocenters. The maximum absolute atomic E-state index is 12.6. The van der Waals surface area contributed by atoms with Crippen LogP contribution in [0.2, 0.25) is 5.02 Å². The largest absolute Gasteiger partial charge is 0.369 e. The van der Waals surface area contributed by atoms with Crippen molar-refractivity contribution >= 4 is 23.3 Å². The normalized spacial score (nSPS) is 15.2. The number of hydrogen-bond acceptors (Lipinski definition) is 3. The lowest BCUT2D eigenvalue weighted by atomic mass is 10.1. The summed E-state index contributed by atoms with van der Waals surface area (Å²) < 4.78 is 0. The van der Waals surface area contributed by atoms with Crippen LogP contribution in [0.25, 0.3) is 0 Å². The van der Waals surface area contributed by atoms with Crippen LogP contribution in [0.5, 0.6) is 0 Å². The third-order valence-electron chi connectivity index (χ3n) is 4.00. The molecule has 0 bridgehead atoms. The molecule has 0 spiro atoms. The van der Waals surface area contributed by atoms with Crippen LogP contribution < -0.4 is 5.32 Å². The summed E-state index contributed by atoms with van der Waals surface area (Å²) in [6.45, 7) is 5.67. The van der Waals surface area contributed by atoms with Gasteiger partial charge in [0.05, 0.1) is 10.6 Å².